The van der Waals surface area contributed by atoms with Crippen LogP contribution in [-0.2, 0) is 54.0 Å². The van der Waals surface area contributed by atoms with Crippen LogP contribution in [0.25, 0.3) is 10.8 Å². The second-order valence-electron chi connectivity index (χ2n) is 11.2. The Hall–Kier alpha value is -5.58. The van der Waals surface area contributed by atoms with Crippen LogP contribution in [0.5, 0.6) is 0 Å². The van der Waals surface area contributed by atoms with Crippen LogP contribution in [0.2, 0.25) is 0 Å². The number of rotatable bonds is 17. The van der Waals surface area contributed by atoms with Crippen LogP contribution in [-0.4, -0.2) is 85.9 Å². The van der Waals surface area contributed by atoms with E-state index in [1.165, 1.54) is 36.4 Å². The van der Waals surface area contributed by atoms with Crippen LogP contribution in [0.1, 0.15) is 0 Å². The third-order valence-corrected chi connectivity index (χ3v) is 11.6. The minimum Gasteiger partial charge on any atom is -0.351 e. The molecule has 9 N–H and O–H groups in total. The average Bonchev–Trinajstić information content (AvgIpc) is 3.11. The molecular formula is C28H24FN9O16S5. The monoisotopic (exact) mass is 921 g/mol. The highest BCUT2D eigenvalue weighted by Crippen LogP contribution is 2.38. The number of nitrogens with one attached hydrogen (secondary N) is 3. The number of sulfone groups is 1. The maximum absolute atomic E-state index is 14.5. The third-order valence-electron chi connectivity index (χ3n) is 7.10. The molecule has 0 saturated heterocycles. The highest BCUT2D eigenvalue weighted by molar-refractivity contribution is 7.94. The van der Waals surface area contributed by atoms with Crippen LogP contribution < -0.4 is 21.7 Å². The summed E-state index contributed by atoms with van der Waals surface area (Å²) in [4.78, 5) is 20.9. The van der Waals surface area contributed by atoms with Crippen molar-refractivity contribution >= 4 is 110 Å². The first-order valence-electron chi connectivity index (χ1n) is 15.2. The van der Waals surface area contributed by atoms with Gasteiger partial charge in [0.05, 0.1) is 35.0 Å². The molecule has 0 spiro atoms. The minimum atomic E-state index is -5.10. The number of aromatic nitrogens is 3. The number of nitrogens with two attached hydrogens (primary N) is 1. The summed E-state index contributed by atoms with van der Waals surface area (Å²) in [6, 6.07) is 11.1. The lowest BCUT2D eigenvalue weighted by atomic mass is 10.1. The number of halogens is 1. The van der Waals surface area contributed by atoms with E-state index < -0.39 is 92.3 Å². The third kappa shape index (κ3) is 12.2. The van der Waals surface area contributed by atoms with Gasteiger partial charge in [-0.05, 0) is 66.0 Å². The zero-order chi connectivity index (χ0) is 43.3. The van der Waals surface area contributed by atoms with Crippen molar-refractivity contribution in [2.45, 2.75) is 19.6 Å². The molecule has 1 heterocycles. The Labute approximate surface area is 335 Å². The second-order valence-corrected chi connectivity index (χ2v) is 17.9. The van der Waals surface area contributed by atoms with E-state index in [2.05, 4.69) is 54.7 Å². The first kappa shape index (κ1) is 44.5. The van der Waals surface area contributed by atoms with Crippen LogP contribution >= 0.6 is 12.0 Å². The Morgan fingerprint density at radius 1 is 0.797 bits per heavy atom. The van der Waals surface area contributed by atoms with Gasteiger partial charge in [-0.1, -0.05) is 11.1 Å². The van der Waals surface area contributed by atoms with Gasteiger partial charge in [0.1, 0.15) is 21.2 Å². The van der Waals surface area contributed by atoms with E-state index in [0.29, 0.717) is 0 Å². The lowest BCUT2D eigenvalue weighted by Gasteiger charge is -2.12. The highest BCUT2D eigenvalue weighted by atomic mass is 32.3. The summed E-state index contributed by atoms with van der Waals surface area (Å²) in [5.41, 5.74) is 4.29. The van der Waals surface area contributed by atoms with Crippen molar-refractivity contribution in [3.63, 3.8) is 0 Å². The number of amides is 2. The molecule has 5 rings (SSSR count). The van der Waals surface area contributed by atoms with Gasteiger partial charge < -0.3 is 21.7 Å². The number of benzene rings is 4. The van der Waals surface area contributed by atoms with E-state index in [-0.39, 0.29) is 55.4 Å². The summed E-state index contributed by atoms with van der Waals surface area (Å²) in [5, 5.41) is 26.6. The van der Waals surface area contributed by atoms with Crippen LogP contribution in [0.4, 0.5) is 49.5 Å². The number of nitrogens with zero attached hydrogens (tertiary/aromatic N) is 5. The smallest absolute Gasteiger partial charge is 0.351 e. The molecule has 0 radical (unpaired) electrons. The van der Waals surface area contributed by atoms with Gasteiger partial charge in [0.2, 0.25) is 11.9 Å². The Morgan fingerprint density at radius 3 is 2.05 bits per heavy atom. The average molecular weight is 922 g/mol. The SMILES string of the molecule is NC(=O)Nc1cc(Nc2nc(F)nc(Nc3cccc(S(=O)(=O)CCOS(=O)(=O)O)c3)n2)ccc1N=Nc1cc2c(S(=O)(=O)O)cc(SOOO)cc2cc1S(=O)(=O)O. The molecule has 0 unspecified atom stereocenters. The Morgan fingerprint density at radius 2 is 1.44 bits per heavy atom. The molecule has 0 fully saturated rings. The van der Waals surface area contributed by atoms with E-state index in [4.69, 9.17) is 15.5 Å². The molecule has 5 aromatic rings. The number of fused-ring (bicyclic) bond motifs is 1. The fourth-order valence-corrected chi connectivity index (χ4v) is 8.24. The molecule has 314 valence electrons. The largest absolute Gasteiger partial charge is 0.397 e. The van der Waals surface area contributed by atoms with Gasteiger partial charge in [-0.15, -0.1) is 14.6 Å². The van der Waals surface area contributed by atoms with Gasteiger partial charge in [-0.25, -0.2) is 22.7 Å². The van der Waals surface area contributed by atoms with Crippen molar-refractivity contribution in [3.05, 3.63) is 72.8 Å². The molecule has 31 heteroatoms. The van der Waals surface area contributed by atoms with Gasteiger partial charge in [-0.3, -0.25) is 13.7 Å². The zero-order valence-electron chi connectivity index (χ0n) is 28.7. The number of anilines is 5. The molecule has 0 aliphatic rings. The quantitative estimate of drug-likeness (QED) is 0.0214. The van der Waals surface area contributed by atoms with Crippen LogP contribution in [0.15, 0.2) is 96.5 Å². The summed E-state index contributed by atoms with van der Waals surface area (Å²) in [6.45, 7) is -0.880. The lowest BCUT2D eigenvalue weighted by molar-refractivity contribution is -0.432. The molecular weight excluding hydrogens is 898 g/mol. The first-order chi connectivity index (χ1) is 27.5. The highest BCUT2D eigenvalue weighted by Gasteiger charge is 2.23. The van der Waals surface area contributed by atoms with Crippen molar-refractivity contribution in [2.24, 2.45) is 16.0 Å². The lowest BCUT2D eigenvalue weighted by Crippen LogP contribution is -2.19. The number of primary amides is 1. The van der Waals surface area contributed by atoms with E-state index in [1.54, 1.807) is 0 Å². The molecule has 2 amide bonds. The van der Waals surface area contributed by atoms with E-state index >= 15 is 0 Å². The zero-order valence-corrected chi connectivity index (χ0v) is 32.8. The molecule has 25 nitrogen and oxygen atoms in total. The predicted octanol–water partition coefficient (Wildman–Crippen LogP) is 4.07. The molecule has 4 aromatic carbocycles. The summed E-state index contributed by atoms with van der Waals surface area (Å²) in [6.07, 6.45) is -1.32. The maximum atomic E-state index is 14.5. The summed E-state index contributed by atoms with van der Waals surface area (Å²) in [7, 11) is -19.1. The number of urea groups is 1. The summed E-state index contributed by atoms with van der Waals surface area (Å²) in [5.74, 6) is -1.70. The molecule has 0 atom stereocenters. The summed E-state index contributed by atoms with van der Waals surface area (Å²) < 4.78 is 147. The maximum Gasteiger partial charge on any atom is 0.397 e. The molecule has 0 aliphatic heterocycles. The topological polar surface area (TPSA) is 388 Å². The Kier molecular flexibility index (Phi) is 13.4. The van der Waals surface area contributed by atoms with Crippen molar-refractivity contribution in [2.75, 3.05) is 28.3 Å². The van der Waals surface area contributed by atoms with E-state index in [9.17, 15) is 52.0 Å². The number of carbonyl (C=O) groups excluding carboxylic acids is 1. The van der Waals surface area contributed by atoms with Crippen LogP contribution in [0, 0.1) is 6.08 Å². The summed E-state index contributed by atoms with van der Waals surface area (Å²) >= 11 is 0.279. The number of carbonyl (C=O) groups is 1. The number of azo groups is 1. The van der Waals surface area contributed by atoms with E-state index in [1.807, 2.05) is 0 Å². The molecule has 0 bridgehead atoms. The van der Waals surface area contributed by atoms with Gasteiger partial charge >= 0.3 is 22.5 Å². The predicted molar refractivity (Wildman–Crippen MR) is 200 cm³/mol. The Balaban J connectivity index is 1.45. The van der Waals surface area contributed by atoms with Gasteiger partial charge in [-0.2, -0.15) is 44.6 Å². The molecule has 59 heavy (non-hydrogen) atoms. The van der Waals surface area contributed by atoms with Gasteiger partial charge in [0.15, 0.2) is 9.84 Å². The molecule has 0 saturated carbocycles. The number of hydrogen-bond acceptors (Lipinski definition) is 21. The van der Waals surface area contributed by atoms with Crippen molar-refractivity contribution in [1.82, 2.24) is 15.0 Å². The first-order valence-corrected chi connectivity index (χ1v) is 21.9. The molecule has 0 aliphatic carbocycles. The van der Waals surface area contributed by atoms with Gasteiger partial charge in [0.25, 0.3) is 20.2 Å². The van der Waals surface area contributed by atoms with E-state index in [0.717, 1.165) is 30.3 Å². The fraction of sp³-hybridized carbons (Fsp3) is 0.0714. The van der Waals surface area contributed by atoms with Crippen molar-refractivity contribution in [1.29, 1.82) is 0 Å². The standard InChI is InChI=1S/C28H24FN9O16S5/c29-25-34-27(31-15-2-1-3-18(10-15)56(41,42)7-6-52-59(49,50)51)36-28(35-25)32-16-4-5-20(21(11-16)33-26(30)39)37-38-22-13-19-14(9-24(22)58(46,47)48)8-17(55-54-53-40)12-23(19)57(43,44)45/h1-5,8-13,40H,6-7H2,(H3,30,33,39)(H,43,44,45)(H,46,47,48)(H,49,50,51)(H2,31,32,34,35,36). The van der Waals surface area contributed by atoms with Gasteiger partial charge in [0, 0.05) is 21.7 Å². The normalized spacial score (nSPS) is 12.5. The fourth-order valence-electron chi connectivity index (χ4n) is 4.82. The minimum absolute atomic E-state index is 0.0327. The van der Waals surface area contributed by atoms with Crippen LogP contribution in [0.3, 0.4) is 0 Å². The number of hydrogen-bond donors (Lipinski definition) is 8. The van der Waals surface area contributed by atoms with Crippen molar-refractivity contribution < 1.29 is 75.3 Å². The Bertz CT molecular complexity index is 2940. The molecule has 1 aromatic heterocycles. The second kappa shape index (κ2) is 17.7. The van der Waals surface area contributed by atoms with Crippen molar-refractivity contribution in [3.8, 4) is 0 Å².